The van der Waals surface area contributed by atoms with Crippen LogP contribution in [0.2, 0.25) is 0 Å². The Hall–Kier alpha value is -3.03. The lowest BCUT2D eigenvalue weighted by molar-refractivity contribution is 0.174. The van der Waals surface area contributed by atoms with E-state index in [0.717, 1.165) is 47.0 Å². The molecular formula is C22H28N6O2. The Morgan fingerprint density at radius 1 is 1.07 bits per heavy atom. The highest BCUT2D eigenvalue weighted by atomic mass is 16.7. The van der Waals surface area contributed by atoms with Crippen molar-refractivity contribution in [2.24, 2.45) is 0 Å². The maximum atomic E-state index is 5.48. The van der Waals surface area contributed by atoms with Gasteiger partial charge in [-0.25, -0.2) is 4.98 Å². The van der Waals surface area contributed by atoms with E-state index in [9.17, 15) is 0 Å². The average Bonchev–Trinajstić information content (AvgIpc) is 3.43. The van der Waals surface area contributed by atoms with Crippen LogP contribution in [0.3, 0.4) is 0 Å². The third-order valence-corrected chi connectivity index (χ3v) is 5.82. The molecule has 1 fully saturated rings. The Bertz CT molecular complexity index is 1030. The molecule has 0 spiro atoms. The summed E-state index contributed by atoms with van der Waals surface area (Å²) in [6.07, 6.45) is 9.20. The molecule has 0 saturated heterocycles. The fraction of sp³-hybridized carbons (Fsp3) is 0.500. The molecule has 1 saturated carbocycles. The summed E-state index contributed by atoms with van der Waals surface area (Å²) in [4.78, 5) is 14.2. The van der Waals surface area contributed by atoms with E-state index in [-0.39, 0.29) is 6.79 Å². The molecule has 0 radical (unpaired) electrons. The zero-order valence-corrected chi connectivity index (χ0v) is 17.4. The molecule has 2 N–H and O–H groups in total. The number of aromatic nitrogens is 4. The topological polar surface area (TPSA) is 86.1 Å². The summed E-state index contributed by atoms with van der Waals surface area (Å²) in [6, 6.07) is 6.44. The van der Waals surface area contributed by atoms with Gasteiger partial charge in [-0.3, -0.25) is 0 Å². The van der Waals surface area contributed by atoms with Gasteiger partial charge in [0.15, 0.2) is 28.5 Å². The molecule has 1 aromatic carbocycles. The molecule has 158 valence electrons. The molecular weight excluding hydrogens is 380 g/mol. The largest absolute Gasteiger partial charge is 0.454 e. The average molecular weight is 409 g/mol. The second-order valence-corrected chi connectivity index (χ2v) is 7.98. The van der Waals surface area contributed by atoms with Crippen molar-refractivity contribution in [3.05, 3.63) is 30.1 Å². The van der Waals surface area contributed by atoms with E-state index in [4.69, 9.17) is 19.4 Å². The van der Waals surface area contributed by atoms with Crippen LogP contribution in [0.5, 0.6) is 11.5 Å². The van der Waals surface area contributed by atoms with Crippen LogP contribution in [-0.4, -0.2) is 32.9 Å². The minimum atomic E-state index is 0.281. The molecule has 2 aromatic heterocycles. The van der Waals surface area contributed by atoms with Gasteiger partial charge in [0, 0.05) is 19.1 Å². The van der Waals surface area contributed by atoms with E-state index in [0.29, 0.717) is 18.5 Å². The second-order valence-electron chi connectivity index (χ2n) is 7.98. The predicted octanol–water partition coefficient (Wildman–Crippen LogP) is 4.49. The Morgan fingerprint density at radius 2 is 1.93 bits per heavy atom. The van der Waals surface area contributed by atoms with Gasteiger partial charge >= 0.3 is 0 Å². The first-order valence-electron chi connectivity index (χ1n) is 10.9. The van der Waals surface area contributed by atoms with Crippen molar-refractivity contribution < 1.29 is 9.47 Å². The van der Waals surface area contributed by atoms with E-state index in [1.54, 1.807) is 0 Å². The van der Waals surface area contributed by atoms with Crippen molar-refractivity contribution in [3.63, 3.8) is 0 Å². The summed E-state index contributed by atoms with van der Waals surface area (Å²) in [5.74, 6) is 2.98. The van der Waals surface area contributed by atoms with Gasteiger partial charge in [-0.2, -0.15) is 9.97 Å². The van der Waals surface area contributed by atoms with Gasteiger partial charge in [-0.1, -0.05) is 32.3 Å². The lowest BCUT2D eigenvalue weighted by Crippen LogP contribution is -2.14. The molecule has 5 rings (SSSR count). The van der Waals surface area contributed by atoms with Crippen LogP contribution in [0, 0.1) is 0 Å². The summed E-state index contributed by atoms with van der Waals surface area (Å²) in [5.41, 5.74) is 2.85. The highest BCUT2D eigenvalue weighted by Crippen LogP contribution is 2.33. The minimum Gasteiger partial charge on any atom is -0.454 e. The summed E-state index contributed by atoms with van der Waals surface area (Å²) in [6.45, 7) is 3.88. The first-order valence-corrected chi connectivity index (χ1v) is 10.9. The Morgan fingerprint density at radius 3 is 2.80 bits per heavy atom. The van der Waals surface area contributed by atoms with Crippen molar-refractivity contribution in [2.45, 2.75) is 58.0 Å². The quantitative estimate of drug-likeness (QED) is 0.595. The number of fused-ring (bicyclic) bond motifs is 2. The maximum absolute atomic E-state index is 5.48. The van der Waals surface area contributed by atoms with Gasteiger partial charge < -0.3 is 24.7 Å². The van der Waals surface area contributed by atoms with E-state index in [2.05, 4.69) is 27.1 Å². The summed E-state index contributed by atoms with van der Waals surface area (Å²) in [7, 11) is 0. The third kappa shape index (κ3) is 3.74. The zero-order chi connectivity index (χ0) is 20.3. The first-order chi connectivity index (χ1) is 14.8. The number of nitrogens with one attached hydrogen (secondary N) is 2. The van der Waals surface area contributed by atoms with E-state index in [1.807, 2.05) is 24.5 Å². The van der Waals surface area contributed by atoms with Gasteiger partial charge in [0.1, 0.15) is 0 Å². The van der Waals surface area contributed by atoms with Crippen molar-refractivity contribution in [1.82, 2.24) is 19.5 Å². The number of imidazole rings is 1. The molecule has 0 amide bonds. The van der Waals surface area contributed by atoms with Crippen LogP contribution in [0.25, 0.3) is 11.2 Å². The van der Waals surface area contributed by atoms with Crippen LogP contribution in [0.15, 0.2) is 24.5 Å². The SMILES string of the molecule is CCCNc1nc(NCc2ccc3c(c2)OCO3)nc2c1ncn2C1CCCCC1. The van der Waals surface area contributed by atoms with Crippen LogP contribution in [-0.2, 0) is 6.54 Å². The van der Waals surface area contributed by atoms with Gasteiger partial charge in [0.2, 0.25) is 12.7 Å². The summed E-state index contributed by atoms with van der Waals surface area (Å²) < 4.78 is 13.1. The van der Waals surface area contributed by atoms with Gasteiger partial charge in [-0.05, 0) is 37.0 Å². The molecule has 0 unspecified atom stereocenters. The summed E-state index contributed by atoms with van der Waals surface area (Å²) >= 11 is 0. The molecule has 8 nitrogen and oxygen atoms in total. The summed E-state index contributed by atoms with van der Waals surface area (Å²) in [5, 5.41) is 6.80. The molecule has 1 aliphatic carbocycles. The fourth-order valence-electron chi connectivity index (χ4n) is 4.22. The lowest BCUT2D eigenvalue weighted by Gasteiger charge is -2.23. The number of rotatable bonds is 7. The highest BCUT2D eigenvalue weighted by molar-refractivity contribution is 5.84. The van der Waals surface area contributed by atoms with Crippen molar-refractivity contribution >= 4 is 22.9 Å². The Balaban J connectivity index is 1.43. The van der Waals surface area contributed by atoms with Crippen LogP contribution < -0.4 is 20.1 Å². The highest BCUT2D eigenvalue weighted by Gasteiger charge is 2.21. The number of benzene rings is 1. The molecule has 0 bridgehead atoms. The standard InChI is InChI=1S/C22H28N6O2/c1-2-10-23-20-19-21(28(13-25-19)16-6-4-3-5-7-16)27-22(26-20)24-12-15-8-9-17-18(11-15)30-14-29-17/h8-9,11,13,16H,2-7,10,12,14H2,1H3,(H2,23,24,26,27). The normalized spacial score (nSPS) is 16.2. The lowest BCUT2D eigenvalue weighted by atomic mass is 9.95. The second kappa shape index (κ2) is 8.38. The Labute approximate surface area is 176 Å². The number of ether oxygens (including phenoxy) is 2. The van der Waals surface area contributed by atoms with Crippen LogP contribution in [0.4, 0.5) is 11.8 Å². The monoisotopic (exact) mass is 408 g/mol. The van der Waals surface area contributed by atoms with Gasteiger partial charge in [0.05, 0.1) is 6.33 Å². The van der Waals surface area contributed by atoms with Gasteiger partial charge in [-0.15, -0.1) is 0 Å². The maximum Gasteiger partial charge on any atom is 0.231 e. The minimum absolute atomic E-state index is 0.281. The molecule has 8 heteroatoms. The smallest absolute Gasteiger partial charge is 0.231 e. The number of hydrogen-bond donors (Lipinski definition) is 2. The zero-order valence-electron chi connectivity index (χ0n) is 17.4. The van der Waals surface area contributed by atoms with Crippen molar-refractivity contribution in [3.8, 4) is 11.5 Å². The molecule has 3 aromatic rings. The Kier molecular flexibility index (Phi) is 5.29. The number of nitrogens with zero attached hydrogens (tertiary/aromatic N) is 4. The predicted molar refractivity (Wildman–Crippen MR) is 116 cm³/mol. The molecule has 1 aliphatic heterocycles. The third-order valence-electron chi connectivity index (χ3n) is 5.82. The molecule has 3 heterocycles. The molecule has 2 aliphatic rings. The van der Waals surface area contributed by atoms with E-state index >= 15 is 0 Å². The fourth-order valence-corrected chi connectivity index (χ4v) is 4.22. The van der Waals surface area contributed by atoms with Gasteiger partial charge in [0.25, 0.3) is 0 Å². The van der Waals surface area contributed by atoms with Crippen LogP contribution >= 0.6 is 0 Å². The van der Waals surface area contributed by atoms with E-state index in [1.165, 1.54) is 32.1 Å². The van der Waals surface area contributed by atoms with Crippen molar-refractivity contribution in [1.29, 1.82) is 0 Å². The van der Waals surface area contributed by atoms with Crippen molar-refractivity contribution in [2.75, 3.05) is 24.0 Å². The van der Waals surface area contributed by atoms with Crippen LogP contribution in [0.1, 0.15) is 57.1 Å². The van der Waals surface area contributed by atoms with E-state index < -0.39 is 0 Å². The molecule has 30 heavy (non-hydrogen) atoms. The molecule has 0 atom stereocenters. The number of hydrogen-bond acceptors (Lipinski definition) is 7. The number of anilines is 2. The first kappa shape index (κ1) is 19.0.